The zero-order valence-electron chi connectivity index (χ0n) is 15.8. The molecule has 0 bridgehead atoms. The second-order valence-electron chi connectivity index (χ2n) is 7.36. The van der Waals surface area contributed by atoms with E-state index in [2.05, 4.69) is 20.3 Å². The Balaban J connectivity index is 1.39. The van der Waals surface area contributed by atoms with E-state index >= 15 is 0 Å². The van der Waals surface area contributed by atoms with Crippen molar-refractivity contribution < 1.29 is 31.9 Å². The summed E-state index contributed by atoms with van der Waals surface area (Å²) >= 11 is 0. The van der Waals surface area contributed by atoms with Crippen molar-refractivity contribution in [2.45, 2.75) is 44.4 Å². The number of nitrogens with zero attached hydrogens (tertiary/aromatic N) is 3. The first-order chi connectivity index (χ1) is 14.3. The van der Waals surface area contributed by atoms with Gasteiger partial charge in [-0.25, -0.2) is 0 Å². The van der Waals surface area contributed by atoms with Gasteiger partial charge in [0.2, 0.25) is 17.7 Å². The lowest BCUT2D eigenvalue weighted by Crippen LogP contribution is -2.24. The van der Waals surface area contributed by atoms with Gasteiger partial charge in [0.05, 0.1) is 5.92 Å². The van der Waals surface area contributed by atoms with Crippen molar-refractivity contribution >= 4 is 23.5 Å². The smallest absolute Gasteiger partial charge is 0.407 e. The highest BCUT2D eigenvalue weighted by atomic mass is 19.4. The van der Waals surface area contributed by atoms with Crippen molar-refractivity contribution in [3.63, 3.8) is 0 Å². The van der Waals surface area contributed by atoms with Crippen molar-refractivity contribution in [1.29, 1.82) is 0 Å². The van der Waals surface area contributed by atoms with Crippen LogP contribution >= 0.6 is 0 Å². The van der Waals surface area contributed by atoms with Crippen LogP contribution in [0.3, 0.4) is 0 Å². The summed E-state index contributed by atoms with van der Waals surface area (Å²) in [6, 6.07) is 5.05. The minimum absolute atomic E-state index is 0.00134. The molecule has 0 unspecified atom stereocenters. The van der Waals surface area contributed by atoms with Crippen LogP contribution in [-0.4, -0.2) is 34.9 Å². The van der Waals surface area contributed by atoms with Crippen LogP contribution in [0.1, 0.15) is 43.9 Å². The number of halogens is 3. The summed E-state index contributed by atoms with van der Waals surface area (Å²) in [5, 5.41) is 10.4. The van der Waals surface area contributed by atoms with Crippen LogP contribution in [0, 0.1) is 5.92 Å². The summed E-state index contributed by atoms with van der Waals surface area (Å²) < 4.78 is 46.2. The third-order valence-corrected chi connectivity index (χ3v) is 5.25. The quantitative estimate of drug-likeness (QED) is 0.788. The maximum Gasteiger partial charge on any atom is 0.573 e. The van der Waals surface area contributed by atoms with Crippen LogP contribution in [0.5, 0.6) is 5.75 Å². The molecule has 1 aromatic heterocycles. The Morgan fingerprint density at radius 2 is 1.87 bits per heavy atom. The van der Waals surface area contributed by atoms with Crippen LogP contribution in [0.2, 0.25) is 0 Å². The predicted molar refractivity (Wildman–Crippen MR) is 97.7 cm³/mol. The number of hydrogen-bond acceptors (Lipinski definition) is 6. The fraction of sp³-hybridized carbons (Fsp3) is 0.474. The molecule has 2 heterocycles. The van der Waals surface area contributed by atoms with Gasteiger partial charge in [0.15, 0.2) is 0 Å². The highest BCUT2D eigenvalue weighted by Gasteiger charge is 2.36. The average molecular weight is 424 g/mol. The van der Waals surface area contributed by atoms with E-state index in [1.807, 2.05) is 0 Å². The number of aromatic nitrogens is 2. The first kappa shape index (κ1) is 20.2. The highest BCUT2D eigenvalue weighted by Crippen LogP contribution is 2.33. The molecule has 0 spiro atoms. The lowest BCUT2D eigenvalue weighted by atomic mass is 10.1. The van der Waals surface area contributed by atoms with E-state index in [0.29, 0.717) is 5.69 Å². The predicted octanol–water partition coefficient (Wildman–Crippen LogP) is 3.62. The fourth-order valence-electron chi connectivity index (χ4n) is 3.80. The topological polar surface area (TPSA) is 97.6 Å². The Labute approximate surface area is 169 Å². The van der Waals surface area contributed by atoms with Gasteiger partial charge in [-0.1, -0.05) is 17.9 Å². The van der Waals surface area contributed by atoms with E-state index in [9.17, 15) is 22.8 Å². The van der Waals surface area contributed by atoms with Gasteiger partial charge in [-0.15, -0.1) is 18.3 Å². The number of hydrogen-bond donors (Lipinski definition) is 1. The Morgan fingerprint density at radius 1 is 1.17 bits per heavy atom. The number of amides is 2. The molecule has 160 valence electrons. The Kier molecular flexibility index (Phi) is 5.35. The molecule has 30 heavy (non-hydrogen) atoms. The van der Waals surface area contributed by atoms with E-state index in [-0.39, 0.29) is 54.3 Å². The van der Waals surface area contributed by atoms with Crippen molar-refractivity contribution in [2.75, 3.05) is 16.8 Å². The molecule has 2 fully saturated rings. The lowest BCUT2D eigenvalue weighted by molar-refractivity contribution is -0.274. The lowest BCUT2D eigenvalue weighted by Gasteiger charge is -2.17. The van der Waals surface area contributed by atoms with Crippen LogP contribution in [0.4, 0.5) is 24.9 Å². The van der Waals surface area contributed by atoms with Gasteiger partial charge < -0.3 is 14.1 Å². The molecule has 11 heteroatoms. The molecule has 2 aliphatic rings. The molecule has 1 saturated carbocycles. The van der Waals surface area contributed by atoms with Crippen molar-refractivity contribution in [1.82, 2.24) is 10.2 Å². The first-order valence-electron chi connectivity index (χ1n) is 9.59. The SMILES string of the molecule is O=C(Nc1nnc([C@H]2CC(=O)N(c3ccc(OC(F)(F)F)cc3)C2)o1)C1CCCC1. The number of ether oxygens (including phenoxy) is 1. The van der Waals surface area contributed by atoms with Gasteiger partial charge in [-0.3, -0.25) is 14.9 Å². The van der Waals surface area contributed by atoms with Crippen molar-refractivity contribution in [3.8, 4) is 5.75 Å². The number of carbonyl (C=O) groups excluding carboxylic acids is 2. The van der Waals surface area contributed by atoms with Crippen molar-refractivity contribution in [3.05, 3.63) is 30.2 Å². The van der Waals surface area contributed by atoms with E-state index in [4.69, 9.17) is 4.42 Å². The van der Waals surface area contributed by atoms with Gasteiger partial charge in [0.25, 0.3) is 0 Å². The summed E-state index contributed by atoms with van der Waals surface area (Å²) in [5.41, 5.74) is 0.436. The first-order valence-corrected chi connectivity index (χ1v) is 9.59. The second-order valence-corrected chi connectivity index (χ2v) is 7.36. The molecule has 1 aromatic carbocycles. The summed E-state index contributed by atoms with van der Waals surface area (Å²) in [6.07, 6.45) is -0.942. The number of alkyl halides is 3. The Morgan fingerprint density at radius 3 is 2.53 bits per heavy atom. The third-order valence-electron chi connectivity index (χ3n) is 5.25. The second kappa shape index (κ2) is 7.96. The summed E-state index contributed by atoms with van der Waals surface area (Å²) in [6.45, 7) is 0.233. The van der Waals surface area contributed by atoms with Crippen molar-refractivity contribution in [2.24, 2.45) is 5.92 Å². The normalized spacial score (nSPS) is 20.0. The van der Waals surface area contributed by atoms with Gasteiger partial charge in [0.1, 0.15) is 5.75 Å². The van der Waals surface area contributed by atoms with E-state index < -0.39 is 6.36 Å². The number of rotatable bonds is 5. The highest BCUT2D eigenvalue weighted by molar-refractivity contribution is 5.96. The summed E-state index contributed by atoms with van der Waals surface area (Å²) in [5.74, 6) is -0.938. The molecular formula is C19H19F3N4O4. The molecule has 1 atom stereocenters. The number of anilines is 2. The molecule has 4 rings (SSSR count). The maximum absolute atomic E-state index is 12.4. The van der Waals surface area contributed by atoms with E-state index in [0.717, 1.165) is 37.8 Å². The Bertz CT molecular complexity index is 923. The van der Waals surface area contributed by atoms with Gasteiger partial charge in [-0.05, 0) is 37.1 Å². The van der Waals surface area contributed by atoms with Crippen LogP contribution in [-0.2, 0) is 9.59 Å². The van der Waals surface area contributed by atoms with Crippen LogP contribution in [0.15, 0.2) is 28.7 Å². The van der Waals surface area contributed by atoms with Crippen LogP contribution < -0.4 is 15.0 Å². The zero-order valence-corrected chi connectivity index (χ0v) is 15.8. The molecular weight excluding hydrogens is 405 g/mol. The van der Waals surface area contributed by atoms with Gasteiger partial charge >= 0.3 is 12.4 Å². The van der Waals surface area contributed by atoms with Gasteiger partial charge in [0, 0.05) is 24.6 Å². The number of nitrogens with one attached hydrogen (secondary N) is 1. The molecule has 1 saturated heterocycles. The molecule has 2 amide bonds. The monoisotopic (exact) mass is 424 g/mol. The molecule has 1 aliphatic heterocycles. The van der Waals surface area contributed by atoms with Gasteiger partial charge in [-0.2, -0.15) is 0 Å². The molecule has 1 N–H and O–H groups in total. The number of carbonyl (C=O) groups is 2. The zero-order chi connectivity index (χ0) is 21.3. The number of benzene rings is 1. The average Bonchev–Trinajstić information content (AvgIpc) is 3.41. The van der Waals surface area contributed by atoms with E-state index in [1.54, 1.807) is 0 Å². The Hall–Kier alpha value is -3.11. The third kappa shape index (κ3) is 4.55. The molecule has 8 nitrogen and oxygen atoms in total. The maximum atomic E-state index is 12.4. The van der Waals surface area contributed by atoms with Crippen LogP contribution in [0.25, 0.3) is 0 Å². The standard InChI is InChI=1S/C19H19F3N4O4/c20-19(21,22)30-14-7-5-13(6-8-14)26-10-12(9-15(26)27)17-24-25-18(29-17)23-16(28)11-3-1-2-4-11/h5-8,11-12H,1-4,9-10H2,(H,23,25,28)/t12-/m0/s1. The molecule has 2 aromatic rings. The summed E-state index contributed by atoms with van der Waals surface area (Å²) in [7, 11) is 0. The van der Waals surface area contributed by atoms with E-state index in [1.165, 1.54) is 17.0 Å². The summed E-state index contributed by atoms with van der Waals surface area (Å²) in [4.78, 5) is 26.0. The fourth-order valence-corrected chi connectivity index (χ4v) is 3.80. The minimum Gasteiger partial charge on any atom is -0.407 e. The minimum atomic E-state index is -4.78. The molecule has 0 radical (unpaired) electrons. The largest absolute Gasteiger partial charge is 0.573 e. The molecule has 1 aliphatic carbocycles.